The van der Waals surface area contributed by atoms with Gasteiger partial charge in [-0.2, -0.15) is 0 Å². The molecule has 0 atom stereocenters. The van der Waals surface area contributed by atoms with Crippen molar-refractivity contribution < 1.29 is 58.8 Å². The zero-order valence-corrected chi connectivity index (χ0v) is 23.9. The number of aliphatic carboxylic acids is 1. The third-order valence-corrected chi connectivity index (χ3v) is 6.10. The Kier molecular flexibility index (Phi) is 13.1. The van der Waals surface area contributed by atoms with Gasteiger partial charge >= 0.3 is 29.6 Å². The first-order valence-electron chi connectivity index (χ1n) is 12.0. The van der Waals surface area contributed by atoms with Crippen LogP contribution >= 0.6 is 0 Å². The van der Waals surface area contributed by atoms with Gasteiger partial charge in [-0.25, -0.2) is 0 Å². The molecular formula is C29H34NNaO6. The average Bonchev–Trinajstić information content (AvgIpc) is 2.92. The van der Waals surface area contributed by atoms with Crippen molar-refractivity contribution in [2.75, 3.05) is 47.1 Å². The predicted octanol–water partition coefficient (Wildman–Crippen LogP) is -0.159. The van der Waals surface area contributed by atoms with Gasteiger partial charge in [0.15, 0.2) is 0 Å². The molecular weight excluding hydrogens is 481 g/mol. The smallest absolute Gasteiger partial charge is 0.549 e. The van der Waals surface area contributed by atoms with Crippen LogP contribution in [0.25, 0.3) is 0 Å². The molecule has 0 spiro atoms. The summed E-state index contributed by atoms with van der Waals surface area (Å²) in [7, 11) is 3.27. The minimum atomic E-state index is -1.14. The number of carboxylic acids is 1. The number of hydrogen-bond donors (Lipinski definition) is 1. The molecule has 0 saturated heterocycles. The summed E-state index contributed by atoms with van der Waals surface area (Å²) in [5.74, 6) is 0.360. The summed E-state index contributed by atoms with van der Waals surface area (Å²) in [6, 6.07) is 25.7. The van der Waals surface area contributed by atoms with Gasteiger partial charge in [-0.15, -0.1) is 0 Å². The number of hydrogen-bond acceptors (Lipinski definition) is 7. The van der Waals surface area contributed by atoms with E-state index in [2.05, 4.69) is 0 Å². The molecule has 3 rings (SSSR count). The predicted molar refractivity (Wildman–Crippen MR) is 136 cm³/mol. The van der Waals surface area contributed by atoms with Crippen LogP contribution in [0, 0.1) is 0 Å². The maximum Gasteiger partial charge on any atom is 1.00 e. The van der Waals surface area contributed by atoms with E-state index in [1.165, 1.54) is 0 Å². The van der Waals surface area contributed by atoms with Crippen molar-refractivity contribution in [3.8, 4) is 11.5 Å². The second-order valence-corrected chi connectivity index (χ2v) is 8.43. The van der Waals surface area contributed by atoms with Gasteiger partial charge in [0.05, 0.1) is 20.2 Å². The molecule has 0 fully saturated rings. The molecule has 0 aliphatic carbocycles. The molecule has 0 heterocycles. The van der Waals surface area contributed by atoms with E-state index >= 15 is 0 Å². The minimum absolute atomic E-state index is 0. The van der Waals surface area contributed by atoms with Crippen molar-refractivity contribution in [3.05, 3.63) is 95.6 Å². The van der Waals surface area contributed by atoms with E-state index < -0.39 is 11.6 Å². The van der Waals surface area contributed by atoms with Crippen LogP contribution in [0.3, 0.4) is 0 Å². The summed E-state index contributed by atoms with van der Waals surface area (Å²) in [6.07, 6.45) is 1.10. The standard InChI is InChI=1S/C29H35NO6.Na/c1-34-26-14-10-24(11-15-26)29(23-8-4-3-5-9-23,25-12-16-27(35-2)17-13-25)36-21-7-19-30(18-6-20-31)22-28(32)33;/h3-5,8-17,31H,6-7,18-22H2,1-2H3,(H,32,33);/q;+1/p-1. The monoisotopic (exact) mass is 515 g/mol. The molecule has 192 valence electrons. The van der Waals surface area contributed by atoms with E-state index in [0.29, 0.717) is 32.5 Å². The minimum Gasteiger partial charge on any atom is -0.549 e. The van der Waals surface area contributed by atoms with Crippen molar-refractivity contribution in [3.63, 3.8) is 0 Å². The third kappa shape index (κ3) is 8.30. The fourth-order valence-electron chi connectivity index (χ4n) is 4.33. The second-order valence-electron chi connectivity index (χ2n) is 8.43. The number of carbonyl (C=O) groups is 1. The first kappa shape index (κ1) is 30.8. The number of aliphatic hydroxyl groups is 1. The van der Waals surface area contributed by atoms with Crippen molar-refractivity contribution in [1.82, 2.24) is 4.90 Å². The molecule has 0 saturated carbocycles. The largest absolute Gasteiger partial charge is 1.00 e. The molecule has 0 radical (unpaired) electrons. The fourth-order valence-corrected chi connectivity index (χ4v) is 4.33. The first-order chi connectivity index (χ1) is 17.5. The Morgan fingerprint density at radius 1 is 0.811 bits per heavy atom. The van der Waals surface area contributed by atoms with Gasteiger partial charge in [-0.05, 0) is 53.8 Å². The molecule has 0 unspecified atom stereocenters. The number of carboxylic acid groups (broad SMARTS) is 1. The number of carbonyl (C=O) groups excluding carboxylic acids is 1. The van der Waals surface area contributed by atoms with Crippen LogP contribution in [0.15, 0.2) is 78.9 Å². The Balaban J connectivity index is 0.00000481. The number of aliphatic hydroxyl groups excluding tert-OH is 1. The Bertz CT molecular complexity index is 1010. The van der Waals surface area contributed by atoms with Crippen LogP contribution in [0.1, 0.15) is 29.5 Å². The molecule has 3 aromatic rings. The van der Waals surface area contributed by atoms with Crippen LogP contribution in [-0.2, 0) is 15.1 Å². The van der Waals surface area contributed by atoms with Crippen molar-refractivity contribution >= 4 is 5.97 Å². The average molecular weight is 516 g/mol. The summed E-state index contributed by atoms with van der Waals surface area (Å²) >= 11 is 0. The molecule has 37 heavy (non-hydrogen) atoms. The SMILES string of the molecule is COc1ccc(C(OCCCN(CCCO)CC(=O)[O-])(c2ccccc2)c2ccc(OC)cc2)cc1.[Na+]. The molecule has 0 aromatic heterocycles. The van der Waals surface area contributed by atoms with Gasteiger partial charge in [0, 0.05) is 32.8 Å². The quantitative estimate of drug-likeness (QED) is 0.171. The fraction of sp³-hybridized carbons (Fsp3) is 0.345. The zero-order chi connectivity index (χ0) is 25.8. The summed E-state index contributed by atoms with van der Waals surface area (Å²) in [6.45, 7) is 1.18. The van der Waals surface area contributed by atoms with Crippen LogP contribution in [0.2, 0.25) is 0 Å². The van der Waals surface area contributed by atoms with Crippen LogP contribution in [-0.4, -0.2) is 63.0 Å². The summed E-state index contributed by atoms with van der Waals surface area (Å²) in [5, 5.41) is 20.3. The Morgan fingerprint density at radius 2 is 1.30 bits per heavy atom. The van der Waals surface area contributed by atoms with Gasteiger partial charge in [-0.1, -0.05) is 54.6 Å². The van der Waals surface area contributed by atoms with E-state index in [1.54, 1.807) is 19.1 Å². The third-order valence-electron chi connectivity index (χ3n) is 6.10. The van der Waals surface area contributed by atoms with Gasteiger partial charge in [0.25, 0.3) is 0 Å². The zero-order valence-electron chi connectivity index (χ0n) is 21.9. The summed E-state index contributed by atoms with van der Waals surface area (Å²) < 4.78 is 17.5. The number of rotatable bonds is 15. The van der Waals surface area contributed by atoms with Crippen LogP contribution in [0.5, 0.6) is 11.5 Å². The van der Waals surface area contributed by atoms with Gasteiger partial charge in [0.1, 0.15) is 17.1 Å². The van der Waals surface area contributed by atoms with E-state index in [9.17, 15) is 9.90 Å². The molecule has 0 bridgehead atoms. The Hall–Kier alpha value is -2.39. The molecule has 0 aliphatic heterocycles. The summed E-state index contributed by atoms with van der Waals surface area (Å²) in [4.78, 5) is 12.9. The number of benzene rings is 3. The molecule has 0 aliphatic rings. The second kappa shape index (κ2) is 15.8. The maximum atomic E-state index is 11.2. The Labute approximate surface area is 241 Å². The maximum absolute atomic E-state index is 11.2. The van der Waals surface area contributed by atoms with Gasteiger partial charge in [0.2, 0.25) is 0 Å². The van der Waals surface area contributed by atoms with E-state index in [-0.39, 0.29) is 42.7 Å². The van der Waals surface area contributed by atoms with E-state index in [0.717, 1.165) is 28.2 Å². The number of ether oxygens (including phenoxy) is 3. The first-order valence-corrected chi connectivity index (χ1v) is 12.0. The molecule has 7 nitrogen and oxygen atoms in total. The molecule has 8 heteroatoms. The summed E-state index contributed by atoms with van der Waals surface area (Å²) in [5.41, 5.74) is 1.93. The molecule has 0 amide bonds. The number of methoxy groups -OCH3 is 2. The van der Waals surface area contributed by atoms with Crippen LogP contribution < -0.4 is 44.1 Å². The van der Waals surface area contributed by atoms with Crippen molar-refractivity contribution in [1.29, 1.82) is 0 Å². The van der Waals surface area contributed by atoms with Gasteiger partial charge < -0.3 is 29.2 Å². The topological polar surface area (TPSA) is 91.3 Å². The molecule has 3 aromatic carbocycles. The van der Waals surface area contributed by atoms with Crippen molar-refractivity contribution in [2.45, 2.75) is 18.4 Å². The Morgan fingerprint density at radius 3 is 1.76 bits per heavy atom. The van der Waals surface area contributed by atoms with Crippen molar-refractivity contribution in [2.24, 2.45) is 0 Å². The van der Waals surface area contributed by atoms with E-state index in [4.69, 9.17) is 19.3 Å². The van der Waals surface area contributed by atoms with Gasteiger partial charge in [-0.3, -0.25) is 4.90 Å². The normalized spacial score (nSPS) is 11.1. The number of nitrogens with zero attached hydrogens (tertiary/aromatic N) is 1. The van der Waals surface area contributed by atoms with Crippen LogP contribution in [0.4, 0.5) is 0 Å². The molecule has 1 N–H and O–H groups in total. The van der Waals surface area contributed by atoms with E-state index in [1.807, 2.05) is 78.9 Å².